The molecule has 0 saturated carbocycles. The molecule has 0 aliphatic heterocycles. The van der Waals surface area contributed by atoms with Gasteiger partial charge in [-0.15, -0.1) is 11.6 Å². The fraction of sp³-hybridized carbons (Fsp3) is 0.156. The van der Waals surface area contributed by atoms with E-state index in [2.05, 4.69) is 29.6 Å². The Kier molecular flexibility index (Phi) is 28.9. The van der Waals surface area contributed by atoms with Gasteiger partial charge < -0.3 is 35.0 Å². The maximum Gasteiger partial charge on any atom is 1.00 e. The first-order valence-electron chi connectivity index (χ1n) is 14.2. The topological polar surface area (TPSA) is 200 Å². The molecule has 260 valence electrons. The van der Waals surface area contributed by atoms with Crippen molar-refractivity contribution in [3.63, 3.8) is 0 Å². The number of ether oxygens (including phenoxy) is 2. The van der Waals surface area contributed by atoms with Crippen LogP contribution in [0.1, 0.15) is 29.8 Å². The molecule has 19 heteroatoms. The number of esters is 1. The SMILES string of the molecule is COC(=O)c1ccncc1O.Cc1ccncc1OCc1cccn2ccnc12.ClCc1cccn2ccnc12.O=C=O.O=CO[O-].[2H]CF.[H-].[K+].[K+]. The predicted octanol–water partition coefficient (Wildman–Crippen LogP) is -2.18. The number of hydrogen-bond acceptors (Lipinski definition) is 13. The van der Waals surface area contributed by atoms with Gasteiger partial charge in [-0.05, 0) is 36.8 Å². The molecular weight excluding hydrogens is 745 g/mol. The van der Waals surface area contributed by atoms with Gasteiger partial charge in [0.1, 0.15) is 35.0 Å². The second-order valence-electron chi connectivity index (χ2n) is 8.61. The molecule has 6 heterocycles. The fourth-order valence-electron chi connectivity index (χ4n) is 3.66. The van der Waals surface area contributed by atoms with Crippen molar-refractivity contribution in [1.29, 1.82) is 0 Å². The van der Waals surface area contributed by atoms with Crippen LogP contribution in [0.3, 0.4) is 0 Å². The van der Waals surface area contributed by atoms with Crippen LogP contribution in [0.25, 0.3) is 11.3 Å². The Bertz CT molecular complexity index is 1920. The van der Waals surface area contributed by atoms with Crippen molar-refractivity contribution in [2.75, 3.05) is 14.3 Å². The fourth-order valence-corrected chi connectivity index (χ4v) is 3.87. The number of aromatic hydroxyl groups is 1. The smallest absolute Gasteiger partial charge is 1.00 e. The van der Waals surface area contributed by atoms with E-state index in [4.69, 9.17) is 42.5 Å². The van der Waals surface area contributed by atoms with Crippen molar-refractivity contribution in [2.24, 2.45) is 0 Å². The third-order valence-electron chi connectivity index (χ3n) is 5.76. The number of fused-ring (bicyclic) bond motifs is 2. The van der Waals surface area contributed by atoms with Gasteiger partial charge >= 0.3 is 115 Å². The summed E-state index contributed by atoms with van der Waals surface area (Å²) in [5.74, 6) is 0.594. The van der Waals surface area contributed by atoms with Crippen LogP contribution in [0.4, 0.5) is 4.39 Å². The van der Waals surface area contributed by atoms with Gasteiger partial charge in [0.2, 0.25) is 0 Å². The summed E-state index contributed by atoms with van der Waals surface area (Å²) in [6, 6.07) is 11.3. The number of nitrogens with zero attached hydrogens (tertiary/aromatic N) is 6. The molecule has 0 atom stereocenters. The van der Waals surface area contributed by atoms with Crippen LogP contribution in [-0.4, -0.2) is 66.7 Å². The molecule has 0 saturated heterocycles. The second kappa shape index (κ2) is 30.7. The number of imidazole rings is 2. The third-order valence-corrected chi connectivity index (χ3v) is 6.05. The van der Waals surface area contributed by atoms with E-state index in [-0.39, 0.29) is 128 Å². The first-order valence-corrected chi connectivity index (χ1v) is 14.0. The normalized spacial score (nSPS) is 9.00. The molecule has 6 aromatic rings. The average Bonchev–Trinajstić information content (AvgIpc) is 3.83. The number of hydrogen-bond donors (Lipinski definition) is 1. The van der Waals surface area contributed by atoms with Crippen molar-refractivity contribution in [1.82, 2.24) is 28.7 Å². The Morgan fingerprint density at radius 1 is 1.00 bits per heavy atom. The number of carbonyl (C=O) groups is 2. The molecule has 0 fully saturated rings. The zero-order chi connectivity index (χ0) is 37.1. The number of methoxy groups -OCH3 is 1. The summed E-state index contributed by atoms with van der Waals surface area (Å²) in [5.41, 5.74) is 5.22. The van der Waals surface area contributed by atoms with Gasteiger partial charge in [-0.25, -0.2) is 14.8 Å². The summed E-state index contributed by atoms with van der Waals surface area (Å²) in [6.45, 7) is 2.32. The van der Waals surface area contributed by atoms with Crippen LogP contribution >= 0.6 is 11.6 Å². The Balaban J connectivity index is -0.000000630. The molecule has 0 aromatic carbocycles. The Morgan fingerprint density at radius 2 is 1.51 bits per heavy atom. The standard InChI is InChI=1S/C14H13N3O.C8H7ClN2.C7H7NO3.CH3F.CH2O3.CO2.2K.H/c1-11-4-5-15-9-13(11)18-10-12-3-2-7-17-8-6-16-14(12)17;9-6-7-2-1-4-11-5-3-10-8(7)11;1-11-7(10)5-2-3-8-4-6(5)9;1-2;2-1-4-3;2-1-3;;;/h2-9H,10H2,1H3;1-5H,6H2;2-4,9H,1H3;1H3;1,3H;;;;/q;;;;;;2*+1;-1/p-1/i;;;1D;;;;;. The van der Waals surface area contributed by atoms with Crippen LogP contribution in [0.2, 0.25) is 0 Å². The summed E-state index contributed by atoms with van der Waals surface area (Å²) in [4.78, 5) is 54.5. The van der Waals surface area contributed by atoms with E-state index in [9.17, 15) is 9.18 Å². The van der Waals surface area contributed by atoms with Gasteiger partial charge in [0.05, 0.1) is 33.9 Å². The van der Waals surface area contributed by atoms with E-state index < -0.39 is 13.1 Å². The molecule has 0 spiro atoms. The number of aromatic nitrogens is 6. The number of alkyl halides is 2. The summed E-state index contributed by atoms with van der Waals surface area (Å²) in [7, 11) is 0.252. The summed E-state index contributed by atoms with van der Waals surface area (Å²) >= 11 is 5.71. The number of aryl methyl sites for hydroxylation is 1. The zero-order valence-electron chi connectivity index (χ0n) is 30.1. The molecule has 0 aliphatic carbocycles. The molecule has 15 nitrogen and oxygen atoms in total. The number of rotatable bonds is 6. The monoisotopic (exact) mass is 777 g/mol. The van der Waals surface area contributed by atoms with Crippen LogP contribution in [0, 0.1) is 6.92 Å². The van der Waals surface area contributed by atoms with Gasteiger partial charge in [0.15, 0.2) is 0 Å². The molecule has 0 bridgehead atoms. The Labute approximate surface area is 384 Å². The molecule has 51 heavy (non-hydrogen) atoms. The van der Waals surface area contributed by atoms with E-state index in [0.717, 1.165) is 33.7 Å². The van der Waals surface area contributed by atoms with E-state index in [1.165, 1.54) is 25.6 Å². The van der Waals surface area contributed by atoms with Crippen molar-refractivity contribution in [3.8, 4) is 11.5 Å². The second-order valence-corrected chi connectivity index (χ2v) is 8.87. The van der Waals surface area contributed by atoms with Crippen LogP contribution in [-0.2, 0) is 36.5 Å². The van der Waals surface area contributed by atoms with Gasteiger partial charge in [0.25, 0.3) is 6.47 Å². The van der Waals surface area contributed by atoms with E-state index in [0.29, 0.717) is 12.5 Å². The quantitative estimate of drug-likeness (QED) is 0.0479. The van der Waals surface area contributed by atoms with Crippen LogP contribution in [0.5, 0.6) is 11.5 Å². The van der Waals surface area contributed by atoms with E-state index in [1.807, 2.05) is 70.8 Å². The van der Waals surface area contributed by atoms with Crippen LogP contribution in [0.15, 0.2) is 98.4 Å². The molecule has 0 unspecified atom stereocenters. The van der Waals surface area contributed by atoms with Crippen LogP contribution < -0.4 is 113 Å². The predicted molar refractivity (Wildman–Crippen MR) is 171 cm³/mol. The van der Waals surface area contributed by atoms with E-state index >= 15 is 0 Å². The molecule has 6 rings (SSSR count). The van der Waals surface area contributed by atoms with Gasteiger partial charge in [-0.2, -0.15) is 9.59 Å². The van der Waals surface area contributed by atoms with Gasteiger partial charge in [-0.1, -0.05) is 12.1 Å². The summed E-state index contributed by atoms with van der Waals surface area (Å²) in [6.07, 6.45) is 17.7. The minimum absolute atomic E-state index is 0. The molecule has 6 aromatic heterocycles. The molecule has 0 radical (unpaired) electrons. The van der Waals surface area contributed by atoms with E-state index in [1.54, 1.807) is 24.8 Å². The minimum atomic E-state index is -1.00. The minimum Gasteiger partial charge on any atom is -1.00 e. The van der Waals surface area contributed by atoms with Crippen molar-refractivity contribution in [3.05, 3.63) is 121 Å². The zero-order valence-corrected chi connectivity index (χ0v) is 35.1. The Morgan fingerprint density at radius 3 is 2.00 bits per heavy atom. The number of pyridine rings is 4. The first-order chi connectivity index (χ1) is 24.3. The van der Waals surface area contributed by atoms with Gasteiger partial charge in [0, 0.05) is 60.7 Å². The average molecular weight is 778 g/mol. The van der Waals surface area contributed by atoms with Crippen molar-refractivity contribution < 1.29 is 154 Å². The largest absolute Gasteiger partial charge is 1.00 e. The molecule has 0 amide bonds. The first kappa shape index (κ1) is 48.1. The maximum absolute atomic E-state index is 10.8. The third kappa shape index (κ3) is 17.9. The molecule has 0 aliphatic rings. The number of halogens is 2. The Hall–Kier alpha value is -2.95. The number of carbonyl (C=O) groups excluding carboxylic acids is 4. The van der Waals surface area contributed by atoms with Gasteiger partial charge in [-0.3, -0.25) is 19.2 Å². The molecular formula is C32H32ClFK2N6O9. The summed E-state index contributed by atoms with van der Waals surface area (Å²) < 4.78 is 29.6. The van der Waals surface area contributed by atoms with Crippen molar-refractivity contribution in [2.45, 2.75) is 19.4 Å². The summed E-state index contributed by atoms with van der Waals surface area (Å²) in [5, 5.41) is 17.5. The van der Waals surface area contributed by atoms with Crippen molar-refractivity contribution >= 4 is 41.5 Å². The molecule has 1 N–H and O–H groups in total. The maximum atomic E-state index is 10.8.